The highest BCUT2D eigenvalue weighted by Crippen LogP contribution is 2.27. The van der Waals surface area contributed by atoms with Crippen molar-refractivity contribution in [2.75, 3.05) is 0 Å². The van der Waals surface area contributed by atoms with E-state index in [4.69, 9.17) is 0 Å². The fourth-order valence-electron chi connectivity index (χ4n) is 3.09. The van der Waals surface area contributed by atoms with Crippen molar-refractivity contribution in [2.45, 2.75) is 32.7 Å². The first-order valence-corrected chi connectivity index (χ1v) is 9.66. The lowest BCUT2D eigenvalue weighted by molar-refractivity contribution is 0.0946. The van der Waals surface area contributed by atoms with Gasteiger partial charge in [-0.3, -0.25) is 9.78 Å². The standard InChI is InChI=1S/C23H22FN5O/c1-23(2,3)20-13-21-27-18(22(30)26-14-15-8-10-25-11-9-15)12-19(29(21)28-20)16-6-4-5-7-17(16)24/h4-13H,14H2,1-3H3,(H,26,30). The number of hydrogen-bond donors (Lipinski definition) is 1. The quantitative estimate of drug-likeness (QED) is 0.555. The Labute approximate surface area is 173 Å². The van der Waals surface area contributed by atoms with Crippen LogP contribution in [0.3, 0.4) is 0 Å². The molecule has 0 radical (unpaired) electrons. The number of hydrogen-bond acceptors (Lipinski definition) is 4. The topological polar surface area (TPSA) is 72.2 Å². The van der Waals surface area contributed by atoms with Gasteiger partial charge in [0, 0.05) is 36.0 Å². The highest BCUT2D eigenvalue weighted by Gasteiger charge is 2.22. The molecule has 0 unspecified atom stereocenters. The smallest absolute Gasteiger partial charge is 0.270 e. The Hall–Kier alpha value is -3.61. The Balaban J connectivity index is 1.79. The molecule has 0 aliphatic carbocycles. The second-order valence-corrected chi connectivity index (χ2v) is 8.09. The summed E-state index contributed by atoms with van der Waals surface area (Å²) in [6.45, 7) is 6.47. The molecule has 30 heavy (non-hydrogen) atoms. The zero-order valence-electron chi connectivity index (χ0n) is 17.1. The first-order chi connectivity index (χ1) is 14.3. The van der Waals surface area contributed by atoms with Crippen molar-refractivity contribution in [1.29, 1.82) is 0 Å². The maximum atomic E-state index is 14.6. The Bertz CT molecular complexity index is 1210. The van der Waals surface area contributed by atoms with E-state index in [1.807, 2.05) is 39.0 Å². The minimum absolute atomic E-state index is 0.204. The van der Waals surface area contributed by atoms with Crippen LogP contribution in [0.1, 0.15) is 42.5 Å². The van der Waals surface area contributed by atoms with Gasteiger partial charge in [-0.15, -0.1) is 0 Å². The average Bonchev–Trinajstić information content (AvgIpc) is 3.17. The fraction of sp³-hybridized carbons (Fsp3) is 0.217. The van der Waals surface area contributed by atoms with E-state index in [9.17, 15) is 9.18 Å². The van der Waals surface area contributed by atoms with Crippen LogP contribution < -0.4 is 5.32 Å². The molecule has 0 atom stereocenters. The number of halogens is 1. The summed E-state index contributed by atoms with van der Waals surface area (Å²) in [4.78, 5) is 21.3. The molecule has 0 saturated heterocycles. The first-order valence-electron chi connectivity index (χ1n) is 9.66. The molecule has 4 aromatic rings. The third kappa shape index (κ3) is 3.91. The van der Waals surface area contributed by atoms with E-state index in [1.54, 1.807) is 41.2 Å². The Kier molecular flexibility index (Phi) is 5.03. The number of nitrogens with one attached hydrogen (secondary N) is 1. The predicted octanol–water partition coefficient (Wildman–Crippen LogP) is 4.16. The van der Waals surface area contributed by atoms with Crippen LogP contribution in [0.2, 0.25) is 0 Å². The molecule has 0 saturated carbocycles. The number of carbonyl (C=O) groups is 1. The molecule has 6 nitrogen and oxygen atoms in total. The highest BCUT2D eigenvalue weighted by atomic mass is 19.1. The van der Waals surface area contributed by atoms with Crippen molar-refractivity contribution >= 4 is 11.6 Å². The van der Waals surface area contributed by atoms with E-state index in [-0.39, 0.29) is 22.8 Å². The van der Waals surface area contributed by atoms with Gasteiger partial charge in [0.05, 0.1) is 11.4 Å². The summed E-state index contributed by atoms with van der Waals surface area (Å²) in [5, 5.41) is 7.50. The maximum absolute atomic E-state index is 14.6. The second-order valence-electron chi connectivity index (χ2n) is 8.09. The van der Waals surface area contributed by atoms with Crippen LogP contribution in [0.4, 0.5) is 4.39 Å². The molecule has 0 bridgehead atoms. The zero-order chi connectivity index (χ0) is 21.3. The van der Waals surface area contributed by atoms with Crippen molar-refractivity contribution in [3.63, 3.8) is 0 Å². The number of fused-ring (bicyclic) bond motifs is 1. The summed E-state index contributed by atoms with van der Waals surface area (Å²) in [5.41, 5.74) is 3.04. The summed E-state index contributed by atoms with van der Waals surface area (Å²) in [6, 6.07) is 13.5. The molecule has 3 heterocycles. The van der Waals surface area contributed by atoms with Gasteiger partial charge in [-0.05, 0) is 35.9 Å². The lowest BCUT2D eigenvalue weighted by Crippen LogP contribution is -2.24. The van der Waals surface area contributed by atoms with Crippen molar-refractivity contribution in [1.82, 2.24) is 24.9 Å². The van der Waals surface area contributed by atoms with E-state index in [0.717, 1.165) is 11.3 Å². The largest absolute Gasteiger partial charge is 0.347 e. The van der Waals surface area contributed by atoms with E-state index < -0.39 is 0 Å². The molecule has 3 aromatic heterocycles. The van der Waals surface area contributed by atoms with E-state index in [0.29, 0.717) is 23.4 Å². The normalized spacial score (nSPS) is 11.6. The molecule has 0 spiro atoms. The van der Waals surface area contributed by atoms with Gasteiger partial charge in [0.1, 0.15) is 11.5 Å². The van der Waals surface area contributed by atoms with E-state index >= 15 is 0 Å². The van der Waals surface area contributed by atoms with E-state index in [1.165, 1.54) is 6.07 Å². The van der Waals surface area contributed by atoms with Crippen LogP contribution in [0.15, 0.2) is 60.9 Å². The lowest BCUT2D eigenvalue weighted by atomic mass is 9.93. The van der Waals surface area contributed by atoms with Gasteiger partial charge in [0.25, 0.3) is 5.91 Å². The highest BCUT2D eigenvalue weighted by molar-refractivity contribution is 5.94. The molecule has 1 amide bonds. The Morgan fingerprint density at radius 3 is 2.53 bits per heavy atom. The number of amides is 1. The molecule has 7 heteroatoms. The van der Waals surface area contributed by atoms with Crippen LogP contribution in [0, 0.1) is 5.82 Å². The summed E-state index contributed by atoms with van der Waals surface area (Å²) >= 11 is 0. The van der Waals surface area contributed by atoms with Gasteiger partial charge in [0.2, 0.25) is 0 Å². The van der Waals surface area contributed by atoms with Crippen LogP contribution in [0.5, 0.6) is 0 Å². The van der Waals surface area contributed by atoms with Crippen molar-refractivity contribution < 1.29 is 9.18 Å². The first kappa shape index (κ1) is 19.7. The van der Waals surface area contributed by atoms with Crippen LogP contribution in [-0.4, -0.2) is 25.5 Å². The molecule has 1 N–H and O–H groups in total. The fourth-order valence-corrected chi connectivity index (χ4v) is 3.09. The Morgan fingerprint density at radius 1 is 1.10 bits per heavy atom. The third-order valence-corrected chi connectivity index (χ3v) is 4.78. The second kappa shape index (κ2) is 7.67. The average molecular weight is 403 g/mol. The Morgan fingerprint density at radius 2 is 1.83 bits per heavy atom. The molecular formula is C23H22FN5O. The number of carbonyl (C=O) groups excluding carboxylic acids is 1. The van der Waals surface area contributed by atoms with Gasteiger partial charge in [-0.1, -0.05) is 32.9 Å². The number of rotatable bonds is 4. The molecule has 0 aliphatic heterocycles. The number of aromatic nitrogens is 4. The lowest BCUT2D eigenvalue weighted by Gasteiger charge is -2.13. The molecule has 1 aromatic carbocycles. The third-order valence-electron chi connectivity index (χ3n) is 4.78. The van der Waals surface area contributed by atoms with Crippen molar-refractivity contribution in [3.8, 4) is 11.3 Å². The number of benzene rings is 1. The summed E-state index contributed by atoms with van der Waals surface area (Å²) in [5.74, 6) is -0.730. The van der Waals surface area contributed by atoms with Gasteiger partial charge in [0.15, 0.2) is 5.65 Å². The maximum Gasteiger partial charge on any atom is 0.270 e. The van der Waals surface area contributed by atoms with Gasteiger partial charge in [-0.25, -0.2) is 13.9 Å². The summed E-state index contributed by atoms with van der Waals surface area (Å²) < 4.78 is 16.2. The summed E-state index contributed by atoms with van der Waals surface area (Å²) in [7, 11) is 0. The molecule has 4 rings (SSSR count). The predicted molar refractivity (Wildman–Crippen MR) is 112 cm³/mol. The number of nitrogens with zero attached hydrogens (tertiary/aromatic N) is 4. The van der Waals surface area contributed by atoms with Crippen molar-refractivity contribution in [3.05, 3.63) is 83.7 Å². The number of pyridine rings is 1. The van der Waals surface area contributed by atoms with Gasteiger partial charge in [-0.2, -0.15) is 5.10 Å². The molecule has 152 valence electrons. The molecule has 0 aliphatic rings. The SMILES string of the molecule is CC(C)(C)c1cc2nc(C(=O)NCc3ccncc3)cc(-c3ccccc3F)n2n1. The van der Waals surface area contributed by atoms with Gasteiger partial charge >= 0.3 is 0 Å². The van der Waals surface area contributed by atoms with Crippen LogP contribution in [-0.2, 0) is 12.0 Å². The van der Waals surface area contributed by atoms with Crippen molar-refractivity contribution in [2.24, 2.45) is 0 Å². The molecular weight excluding hydrogens is 381 g/mol. The van der Waals surface area contributed by atoms with Crippen LogP contribution in [0.25, 0.3) is 16.9 Å². The minimum atomic E-state index is -0.388. The summed E-state index contributed by atoms with van der Waals surface area (Å²) in [6.07, 6.45) is 3.34. The zero-order valence-corrected chi connectivity index (χ0v) is 17.1. The van der Waals surface area contributed by atoms with Gasteiger partial charge < -0.3 is 5.32 Å². The van der Waals surface area contributed by atoms with Crippen LogP contribution >= 0.6 is 0 Å². The minimum Gasteiger partial charge on any atom is -0.347 e. The monoisotopic (exact) mass is 403 g/mol. The van der Waals surface area contributed by atoms with E-state index in [2.05, 4.69) is 20.4 Å². The molecule has 0 fully saturated rings.